The van der Waals surface area contributed by atoms with Crippen LogP contribution in [0.1, 0.15) is 32.6 Å². The molecule has 1 unspecified atom stereocenters. The van der Waals surface area contributed by atoms with Crippen LogP contribution in [0.3, 0.4) is 0 Å². The fraction of sp³-hybridized carbons (Fsp3) is 0.583. The van der Waals surface area contributed by atoms with Crippen LogP contribution in [0.25, 0.3) is 0 Å². The number of nitrogens with one attached hydrogen (secondary N) is 2. The van der Waals surface area contributed by atoms with E-state index in [1.807, 2.05) is 13.8 Å². The Bertz CT molecular complexity index is 417. The predicted molar refractivity (Wildman–Crippen MR) is 69.6 cm³/mol. The lowest BCUT2D eigenvalue weighted by atomic mass is 10.2. The first-order chi connectivity index (χ1) is 8.90. The molecule has 0 saturated carbocycles. The monoisotopic (exact) mass is 268 g/mol. The first kappa shape index (κ1) is 15.0. The van der Waals surface area contributed by atoms with Crippen molar-refractivity contribution in [2.75, 3.05) is 13.1 Å². The van der Waals surface area contributed by atoms with Crippen molar-refractivity contribution < 1.29 is 14.7 Å². The van der Waals surface area contributed by atoms with Gasteiger partial charge in [-0.3, -0.25) is 4.79 Å². The van der Waals surface area contributed by atoms with E-state index >= 15 is 0 Å². The van der Waals surface area contributed by atoms with Crippen LogP contribution in [0.15, 0.2) is 12.4 Å². The number of hydrogen-bond acceptors (Lipinski definition) is 3. The van der Waals surface area contributed by atoms with Crippen LogP contribution in [0.2, 0.25) is 0 Å². The molecule has 1 aromatic heterocycles. The van der Waals surface area contributed by atoms with Gasteiger partial charge in [0.1, 0.15) is 12.4 Å². The van der Waals surface area contributed by atoms with Crippen molar-refractivity contribution in [3.05, 3.63) is 18.2 Å². The number of carboxylic acid groups (broad SMARTS) is 1. The fourth-order valence-electron chi connectivity index (χ4n) is 1.68. The third-order valence-corrected chi connectivity index (χ3v) is 2.47. The molecule has 0 aliphatic rings. The average molecular weight is 268 g/mol. The lowest BCUT2D eigenvalue weighted by Gasteiger charge is -2.24. The minimum Gasteiger partial charge on any atom is -0.480 e. The maximum atomic E-state index is 12.0. The van der Waals surface area contributed by atoms with Gasteiger partial charge in [0.2, 0.25) is 0 Å². The van der Waals surface area contributed by atoms with E-state index in [1.54, 1.807) is 19.3 Å². The van der Waals surface area contributed by atoms with Crippen molar-refractivity contribution in [1.29, 1.82) is 0 Å². The zero-order chi connectivity index (χ0) is 14.4. The molecule has 106 valence electrons. The van der Waals surface area contributed by atoms with Crippen molar-refractivity contribution in [2.45, 2.75) is 26.8 Å². The number of aromatic amines is 1. The molecular formula is C12H20N4O3. The Hall–Kier alpha value is -2.05. The number of carboxylic acids is 1. The Morgan fingerprint density at radius 2 is 2.16 bits per heavy atom. The van der Waals surface area contributed by atoms with Crippen LogP contribution >= 0.6 is 0 Å². The molecule has 19 heavy (non-hydrogen) atoms. The van der Waals surface area contributed by atoms with Crippen LogP contribution < -0.4 is 5.32 Å². The van der Waals surface area contributed by atoms with E-state index in [0.717, 1.165) is 0 Å². The van der Waals surface area contributed by atoms with E-state index in [2.05, 4.69) is 15.3 Å². The minimum atomic E-state index is -1.03. The van der Waals surface area contributed by atoms with Crippen LogP contribution in [0.4, 0.5) is 4.79 Å². The normalized spacial score (nSPS) is 12.2. The average Bonchev–Trinajstić information content (AvgIpc) is 2.79. The molecule has 0 bridgehead atoms. The highest BCUT2D eigenvalue weighted by atomic mass is 16.4. The van der Waals surface area contributed by atoms with Crippen LogP contribution in [-0.2, 0) is 4.79 Å². The van der Waals surface area contributed by atoms with Gasteiger partial charge in [-0.25, -0.2) is 9.78 Å². The van der Waals surface area contributed by atoms with Gasteiger partial charge in [-0.15, -0.1) is 0 Å². The number of hydrogen-bond donors (Lipinski definition) is 3. The molecule has 1 atom stereocenters. The standard InChI is InChI=1S/C12H20N4O3/c1-8(2)6-16(7-10(17)18)12(19)15-9(3)11-13-4-5-14-11/h4-5,8-9H,6-7H2,1-3H3,(H,13,14)(H,15,19)(H,17,18). The zero-order valence-electron chi connectivity index (χ0n) is 11.4. The number of aliphatic carboxylic acids is 1. The second-order valence-corrected chi connectivity index (χ2v) is 4.81. The Morgan fingerprint density at radius 3 is 2.63 bits per heavy atom. The lowest BCUT2D eigenvalue weighted by Crippen LogP contribution is -2.45. The first-order valence-corrected chi connectivity index (χ1v) is 6.16. The molecule has 0 spiro atoms. The number of rotatable bonds is 6. The smallest absolute Gasteiger partial charge is 0.323 e. The summed E-state index contributed by atoms with van der Waals surface area (Å²) in [4.78, 5) is 31.0. The molecule has 1 aromatic rings. The highest BCUT2D eigenvalue weighted by Crippen LogP contribution is 2.07. The van der Waals surface area contributed by atoms with Crippen LogP contribution in [0.5, 0.6) is 0 Å². The summed E-state index contributed by atoms with van der Waals surface area (Å²) < 4.78 is 0. The summed E-state index contributed by atoms with van der Waals surface area (Å²) in [5.41, 5.74) is 0. The van der Waals surface area contributed by atoms with Gasteiger partial charge in [0, 0.05) is 18.9 Å². The van der Waals surface area contributed by atoms with Gasteiger partial charge in [-0.05, 0) is 12.8 Å². The number of amides is 2. The molecule has 0 aromatic carbocycles. The number of nitrogens with zero attached hydrogens (tertiary/aromatic N) is 2. The molecule has 1 heterocycles. The van der Waals surface area contributed by atoms with Gasteiger partial charge < -0.3 is 20.3 Å². The Labute approximate surface area is 112 Å². The zero-order valence-corrected chi connectivity index (χ0v) is 11.4. The first-order valence-electron chi connectivity index (χ1n) is 6.16. The molecule has 7 nitrogen and oxygen atoms in total. The summed E-state index contributed by atoms with van der Waals surface area (Å²) in [7, 11) is 0. The molecule has 7 heteroatoms. The van der Waals surface area contributed by atoms with E-state index in [1.165, 1.54) is 4.90 Å². The number of carbonyl (C=O) groups is 2. The minimum absolute atomic E-state index is 0.198. The second-order valence-electron chi connectivity index (χ2n) is 4.81. The molecule has 3 N–H and O–H groups in total. The van der Waals surface area contributed by atoms with E-state index < -0.39 is 12.0 Å². The third kappa shape index (κ3) is 4.99. The van der Waals surface area contributed by atoms with Gasteiger partial charge in [-0.1, -0.05) is 13.8 Å². The van der Waals surface area contributed by atoms with Crippen molar-refractivity contribution in [1.82, 2.24) is 20.2 Å². The van der Waals surface area contributed by atoms with Gasteiger partial charge in [0.25, 0.3) is 0 Å². The van der Waals surface area contributed by atoms with Crippen LogP contribution in [-0.4, -0.2) is 45.1 Å². The highest BCUT2D eigenvalue weighted by Gasteiger charge is 2.20. The number of aromatic nitrogens is 2. The summed E-state index contributed by atoms with van der Waals surface area (Å²) in [6.45, 7) is 5.72. The predicted octanol–water partition coefficient (Wildman–Crippen LogP) is 1.22. The van der Waals surface area contributed by atoms with Crippen LogP contribution in [0, 0.1) is 5.92 Å². The van der Waals surface area contributed by atoms with E-state index in [0.29, 0.717) is 12.4 Å². The maximum absolute atomic E-state index is 12.0. The summed E-state index contributed by atoms with van der Waals surface area (Å²) in [5.74, 6) is -0.196. The molecule has 0 aliphatic carbocycles. The Morgan fingerprint density at radius 1 is 1.47 bits per heavy atom. The molecule has 1 rings (SSSR count). The molecule has 0 saturated heterocycles. The largest absolute Gasteiger partial charge is 0.480 e. The molecule has 0 radical (unpaired) electrons. The lowest BCUT2D eigenvalue weighted by molar-refractivity contribution is -0.137. The second kappa shape index (κ2) is 6.77. The molecule has 0 fully saturated rings. The highest BCUT2D eigenvalue weighted by molar-refractivity contribution is 5.80. The van der Waals surface area contributed by atoms with Gasteiger partial charge in [0.15, 0.2) is 0 Å². The summed E-state index contributed by atoms with van der Waals surface area (Å²) in [6, 6.07) is -0.703. The van der Waals surface area contributed by atoms with E-state index in [-0.39, 0.29) is 18.5 Å². The summed E-state index contributed by atoms with van der Waals surface area (Å²) >= 11 is 0. The maximum Gasteiger partial charge on any atom is 0.323 e. The van der Waals surface area contributed by atoms with Crippen molar-refractivity contribution in [3.8, 4) is 0 Å². The SMILES string of the molecule is CC(C)CN(CC(=O)O)C(=O)NC(C)c1ncc[nH]1. The Kier molecular flexibility index (Phi) is 5.35. The topological polar surface area (TPSA) is 98.3 Å². The van der Waals surface area contributed by atoms with Gasteiger partial charge in [-0.2, -0.15) is 0 Å². The summed E-state index contributed by atoms with van der Waals surface area (Å²) in [5, 5.41) is 11.5. The van der Waals surface area contributed by atoms with Crippen molar-refractivity contribution >= 4 is 12.0 Å². The number of H-pyrrole nitrogens is 1. The van der Waals surface area contributed by atoms with Gasteiger partial charge >= 0.3 is 12.0 Å². The number of imidazole rings is 1. The molecular weight excluding hydrogens is 248 g/mol. The molecule has 0 aliphatic heterocycles. The Balaban J connectivity index is 2.63. The summed E-state index contributed by atoms with van der Waals surface area (Å²) in [6.07, 6.45) is 3.27. The number of carbonyl (C=O) groups excluding carboxylic acids is 1. The van der Waals surface area contributed by atoms with E-state index in [9.17, 15) is 9.59 Å². The number of urea groups is 1. The van der Waals surface area contributed by atoms with E-state index in [4.69, 9.17) is 5.11 Å². The quantitative estimate of drug-likeness (QED) is 0.722. The van der Waals surface area contributed by atoms with Crippen molar-refractivity contribution in [3.63, 3.8) is 0 Å². The third-order valence-electron chi connectivity index (χ3n) is 2.47. The fourth-order valence-corrected chi connectivity index (χ4v) is 1.68. The van der Waals surface area contributed by atoms with Crippen molar-refractivity contribution in [2.24, 2.45) is 5.92 Å². The molecule has 2 amide bonds. The van der Waals surface area contributed by atoms with Gasteiger partial charge in [0.05, 0.1) is 6.04 Å².